The van der Waals surface area contributed by atoms with Crippen LogP contribution in [0.25, 0.3) is 0 Å². The number of amides is 1. The Morgan fingerprint density at radius 1 is 0.964 bits per heavy atom. The van der Waals surface area contributed by atoms with Gasteiger partial charge in [-0.1, -0.05) is 12.1 Å². The van der Waals surface area contributed by atoms with Crippen LogP contribution in [0.15, 0.2) is 42.5 Å². The van der Waals surface area contributed by atoms with E-state index in [0.717, 1.165) is 29.2 Å². The summed E-state index contributed by atoms with van der Waals surface area (Å²) < 4.78 is 49.3. The molecule has 8 heteroatoms. The van der Waals surface area contributed by atoms with Crippen LogP contribution in [-0.4, -0.2) is 48.7 Å². The maximum Gasteiger partial charge on any atom is 0.416 e. The van der Waals surface area contributed by atoms with Crippen molar-refractivity contribution in [1.82, 2.24) is 9.80 Å². The molecule has 1 fully saturated rings. The fourth-order valence-electron chi connectivity index (χ4n) is 3.42. The number of piperazine rings is 1. The van der Waals surface area contributed by atoms with Crippen LogP contribution < -0.4 is 9.47 Å². The van der Waals surface area contributed by atoms with Crippen LogP contribution in [0.4, 0.5) is 13.2 Å². The van der Waals surface area contributed by atoms with Crippen LogP contribution >= 0.6 is 0 Å². The number of hydrogen-bond donors (Lipinski definition) is 0. The molecule has 0 atom stereocenters. The third-order valence-electron chi connectivity index (χ3n) is 4.94. The van der Waals surface area contributed by atoms with E-state index in [1.165, 1.54) is 12.1 Å². The molecule has 0 aliphatic carbocycles. The van der Waals surface area contributed by atoms with Gasteiger partial charge in [0.05, 0.1) is 5.56 Å². The Morgan fingerprint density at radius 2 is 1.71 bits per heavy atom. The second kappa shape index (κ2) is 7.35. The molecule has 0 N–H and O–H groups in total. The molecule has 0 saturated carbocycles. The van der Waals surface area contributed by atoms with Crippen molar-refractivity contribution >= 4 is 5.91 Å². The van der Waals surface area contributed by atoms with Crippen molar-refractivity contribution in [1.29, 1.82) is 0 Å². The first-order valence-electron chi connectivity index (χ1n) is 8.97. The van der Waals surface area contributed by atoms with E-state index >= 15 is 0 Å². The molecule has 0 unspecified atom stereocenters. The van der Waals surface area contributed by atoms with Crippen LogP contribution in [0.3, 0.4) is 0 Å². The van der Waals surface area contributed by atoms with Gasteiger partial charge in [-0.05, 0) is 35.9 Å². The smallest absolute Gasteiger partial charge is 0.416 e. The zero-order chi connectivity index (χ0) is 19.7. The molecule has 1 amide bonds. The molecule has 2 aromatic carbocycles. The van der Waals surface area contributed by atoms with E-state index in [4.69, 9.17) is 9.47 Å². The van der Waals surface area contributed by atoms with Gasteiger partial charge < -0.3 is 14.4 Å². The molecule has 0 aromatic heterocycles. The fraction of sp³-hybridized carbons (Fsp3) is 0.350. The summed E-state index contributed by atoms with van der Waals surface area (Å²) >= 11 is 0. The van der Waals surface area contributed by atoms with Crippen molar-refractivity contribution in [3.8, 4) is 11.5 Å². The van der Waals surface area contributed by atoms with Gasteiger partial charge in [-0.2, -0.15) is 13.2 Å². The predicted molar refractivity (Wildman–Crippen MR) is 95.2 cm³/mol. The molecule has 4 rings (SSSR count). The molecule has 0 bridgehead atoms. The molecule has 5 nitrogen and oxygen atoms in total. The second-order valence-corrected chi connectivity index (χ2v) is 6.83. The standard InChI is InChI=1S/C20H19F3N2O3/c21-20(22,23)16-3-1-2-15(11-16)19(26)25-8-6-24(7-9-25)12-14-4-5-17-18(10-14)28-13-27-17/h1-5,10-11H,6-9,12-13H2. The lowest BCUT2D eigenvalue weighted by molar-refractivity contribution is -0.137. The monoisotopic (exact) mass is 392 g/mol. The molecule has 2 aliphatic rings. The van der Waals surface area contributed by atoms with E-state index in [0.29, 0.717) is 32.7 Å². The first kappa shape index (κ1) is 18.6. The van der Waals surface area contributed by atoms with Crippen molar-refractivity contribution in [3.05, 3.63) is 59.2 Å². The Kier molecular flexibility index (Phi) is 4.89. The summed E-state index contributed by atoms with van der Waals surface area (Å²) in [7, 11) is 0. The third-order valence-corrected chi connectivity index (χ3v) is 4.94. The molecule has 0 spiro atoms. The highest BCUT2D eigenvalue weighted by molar-refractivity contribution is 5.94. The van der Waals surface area contributed by atoms with Crippen LogP contribution in [0.2, 0.25) is 0 Å². The van der Waals surface area contributed by atoms with E-state index in [1.54, 1.807) is 4.90 Å². The van der Waals surface area contributed by atoms with E-state index in [9.17, 15) is 18.0 Å². The van der Waals surface area contributed by atoms with Crippen molar-refractivity contribution in [3.63, 3.8) is 0 Å². The van der Waals surface area contributed by atoms with Gasteiger partial charge in [-0.3, -0.25) is 9.69 Å². The first-order chi connectivity index (χ1) is 13.4. The van der Waals surface area contributed by atoms with Crippen LogP contribution in [0.1, 0.15) is 21.5 Å². The molecule has 0 radical (unpaired) electrons. The van der Waals surface area contributed by atoms with E-state index < -0.39 is 11.7 Å². The Balaban J connectivity index is 1.36. The third kappa shape index (κ3) is 3.91. The highest BCUT2D eigenvalue weighted by Gasteiger charge is 2.31. The molecule has 2 heterocycles. The van der Waals surface area contributed by atoms with E-state index in [1.807, 2.05) is 18.2 Å². The Hall–Kier alpha value is -2.74. The molecule has 148 valence electrons. The number of ether oxygens (including phenoxy) is 2. The minimum Gasteiger partial charge on any atom is -0.454 e. The number of nitrogens with zero attached hydrogens (tertiary/aromatic N) is 2. The fourth-order valence-corrected chi connectivity index (χ4v) is 3.42. The number of hydrogen-bond acceptors (Lipinski definition) is 4. The summed E-state index contributed by atoms with van der Waals surface area (Å²) in [6.07, 6.45) is -4.46. The number of rotatable bonds is 3. The van der Waals surface area contributed by atoms with Gasteiger partial charge in [0.15, 0.2) is 11.5 Å². The highest BCUT2D eigenvalue weighted by Crippen LogP contribution is 2.33. The highest BCUT2D eigenvalue weighted by atomic mass is 19.4. The maximum absolute atomic E-state index is 12.9. The lowest BCUT2D eigenvalue weighted by atomic mass is 10.1. The van der Waals surface area contributed by atoms with Crippen molar-refractivity contribution in [2.24, 2.45) is 0 Å². The predicted octanol–water partition coefficient (Wildman–Crippen LogP) is 3.39. The molecule has 2 aromatic rings. The van der Waals surface area contributed by atoms with Crippen LogP contribution in [0, 0.1) is 0 Å². The Bertz CT molecular complexity index is 877. The first-order valence-corrected chi connectivity index (χ1v) is 8.97. The summed E-state index contributed by atoms with van der Waals surface area (Å²) in [6, 6.07) is 10.4. The van der Waals surface area contributed by atoms with Gasteiger partial charge in [0.1, 0.15) is 0 Å². The van der Waals surface area contributed by atoms with Gasteiger partial charge in [-0.25, -0.2) is 0 Å². The molecular formula is C20H19F3N2O3. The largest absolute Gasteiger partial charge is 0.454 e. The zero-order valence-electron chi connectivity index (χ0n) is 15.0. The zero-order valence-corrected chi connectivity index (χ0v) is 15.0. The summed E-state index contributed by atoms with van der Waals surface area (Å²) in [5.74, 6) is 1.10. The summed E-state index contributed by atoms with van der Waals surface area (Å²) in [6.45, 7) is 3.19. The summed E-state index contributed by atoms with van der Waals surface area (Å²) in [4.78, 5) is 16.4. The lowest BCUT2D eigenvalue weighted by Crippen LogP contribution is -2.48. The number of halogens is 3. The number of carbonyl (C=O) groups is 1. The van der Waals surface area contributed by atoms with Crippen LogP contribution in [0.5, 0.6) is 11.5 Å². The van der Waals surface area contributed by atoms with E-state index in [-0.39, 0.29) is 18.3 Å². The molecule has 1 saturated heterocycles. The Morgan fingerprint density at radius 3 is 2.46 bits per heavy atom. The molecule has 28 heavy (non-hydrogen) atoms. The molecular weight excluding hydrogens is 373 g/mol. The lowest BCUT2D eigenvalue weighted by Gasteiger charge is -2.35. The quantitative estimate of drug-likeness (QED) is 0.803. The number of carbonyl (C=O) groups excluding carboxylic acids is 1. The average molecular weight is 392 g/mol. The summed E-state index contributed by atoms with van der Waals surface area (Å²) in [5, 5.41) is 0. The van der Waals surface area contributed by atoms with Gasteiger partial charge in [0, 0.05) is 38.3 Å². The van der Waals surface area contributed by atoms with Crippen molar-refractivity contribution in [2.45, 2.75) is 12.7 Å². The average Bonchev–Trinajstić information content (AvgIpc) is 3.15. The SMILES string of the molecule is O=C(c1cccc(C(F)(F)F)c1)N1CCN(Cc2ccc3c(c2)OCO3)CC1. The van der Waals surface area contributed by atoms with Crippen molar-refractivity contribution in [2.75, 3.05) is 33.0 Å². The normalized spacial score (nSPS) is 17.0. The van der Waals surface area contributed by atoms with Crippen LogP contribution in [-0.2, 0) is 12.7 Å². The second-order valence-electron chi connectivity index (χ2n) is 6.83. The van der Waals surface area contributed by atoms with Gasteiger partial charge in [0.25, 0.3) is 5.91 Å². The van der Waals surface area contributed by atoms with Gasteiger partial charge in [0.2, 0.25) is 6.79 Å². The Labute approximate surface area is 160 Å². The maximum atomic E-state index is 12.9. The topological polar surface area (TPSA) is 42.0 Å². The number of fused-ring (bicyclic) bond motifs is 1. The minimum absolute atomic E-state index is 0.0686. The van der Waals surface area contributed by atoms with Gasteiger partial charge >= 0.3 is 6.18 Å². The molecule has 2 aliphatic heterocycles. The van der Waals surface area contributed by atoms with Gasteiger partial charge in [-0.15, -0.1) is 0 Å². The number of alkyl halides is 3. The number of benzene rings is 2. The minimum atomic E-state index is -4.46. The van der Waals surface area contributed by atoms with Crippen molar-refractivity contribution < 1.29 is 27.4 Å². The van der Waals surface area contributed by atoms with E-state index in [2.05, 4.69) is 4.90 Å². The summed E-state index contributed by atoms with van der Waals surface area (Å²) in [5.41, 5.74) is 0.348.